The molecule has 3 nitrogen and oxygen atoms in total. The molecule has 3 rings (SSSR count). The summed E-state index contributed by atoms with van der Waals surface area (Å²) in [7, 11) is 0. The number of hydrogen-bond donors (Lipinski definition) is 1. The van der Waals surface area contributed by atoms with Crippen molar-refractivity contribution in [3.05, 3.63) is 65.5 Å². The Balaban J connectivity index is 1.80. The summed E-state index contributed by atoms with van der Waals surface area (Å²) in [5.41, 5.74) is 0.668. The molecule has 0 radical (unpaired) electrons. The van der Waals surface area contributed by atoms with Gasteiger partial charge in [-0.3, -0.25) is 5.10 Å². The quantitative estimate of drug-likeness (QED) is 0.700. The van der Waals surface area contributed by atoms with Crippen molar-refractivity contribution in [2.24, 2.45) is 0 Å². The van der Waals surface area contributed by atoms with Crippen molar-refractivity contribution in [3.8, 4) is 11.4 Å². The maximum absolute atomic E-state index is 13.8. The predicted octanol–water partition coefficient (Wildman–Crippen LogP) is 4.74. The average Bonchev–Trinajstić information content (AvgIpc) is 2.95. The van der Waals surface area contributed by atoms with Crippen LogP contribution in [-0.4, -0.2) is 15.2 Å². The minimum Gasteiger partial charge on any atom is -0.258 e. The van der Waals surface area contributed by atoms with Crippen molar-refractivity contribution in [2.45, 2.75) is 17.3 Å². The van der Waals surface area contributed by atoms with Gasteiger partial charge in [0.25, 0.3) is 0 Å². The van der Waals surface area contributed by atoms with E-state index in [1.54, 1.807) is 25.1 Å². The summed E-state index contributed by atoms with van der Waals surface area (Å²) in [5.74, 6) is -1.34. The number of aromatic amines is 1. The highest BCUT2D eigenvalue weighted by atomic mass is 32.2. The van der Waals surface area contributed by atoms with E-state index in [0.29, 0.717) is 22.1 Å². The summed E-state index contributed by atoms with van der Waals surface area (Å²) in [5, 5.41) is 6.72. The first-order chi connectivity index (χ1) is 11.0. The lowest BCUT2D eigenvalue weighted by molar-refractivity contribution is 0.572. The lowest BCUT2D eigenvalue weighted by Crippen LogP contribution is -1.95. The van der Waals surface area contributed by atoms with Crippen LogP contribution in [0.1, 0.15) is 17.7 Å². The van der Waals surface area contributed by atoms with Gasteiger partial charge in [0.1, 0.15) is 17.5 Å². The van der Waals surface area contributed by atoms with Crippen molar-refractivity contribution in [2.75, 3.05) is 0 Å². The van der Waals surface area contributed by atoms with E-state index in [4.69, 9.17) is 0 Å². The number of hydrogen-bond acceptors (Lipinski definition) is 3. The molecule has 0 fully saturated rings. The number of thioether (sulfide) groups is 1. The van der Waals surface area contributed by atoms with Crippen LogP contribution >= 0.6 is 11.8 Å². The molecule has 23 heavy (non-hydrogen) atoms. The minimum atomic E-state index is -0.622. The summed E-state index contributed by atoms with van der Waals surface area (Å²) in [6.45, 7) is 1.76. The van der Waals surface area contributed by atoms with Crippen molar-refractivity contribution < 1.29 is 13.2 Å². The predicted molar refractivity (Wildman–Crippen MR) is 82.4 cm³/mol. The van der Waals surface area contributed by atoms with Crippen LogP contribution in [0.2, 0.25) is 0 Å². The number of nitrogens with one attached hydrogen (secondary N) is 1. The molecular weight excluding hydrogens is 323 g/mol. The Labute approximate surface area is 135 Å². The average molecular weight is 335 g/mol. The Morgan fingerprint density at radius 2 is 1.83 bits per heavy atom. The first-order valence-corrected chi connectivity index (χ1v) is 7.71. The lowest BCUT2D eigenvalue weighted by Gasteiger charge is -2.10. The van der Waals surface area contributed by atoms with Gasteiger partial charge in [0, 0.05) is 16.9 Å². The highest BCUT2D eigenvalue weighted by Crippen LogP contribution is 2.35. The second kappa shape index (κ2) is 6.45. The Morgan fingerprint density at radius 1 is 1.04 bits per heavy atom. The fourth-order valence-electron chi connectivity index (χ4n) is 2.13. The molecule has 1 aromatic heterocycles. The van der Waals surface area contributed by atoms with Gasteiger partial charge in [-0.25, -0.2) is 18.2 Å². The molecule has 2 aromatic carbocycles. The van der Waals surface area contributed by atoms with Crippen LogP contribution in [0.5, 0.6) is 0 Å². The van der Waals surface area contributed by atoms with Gasteiger partial charge in [-0.15, -0.1) is 5.10 Å². The zero-order chi connectivity index (χ0) is 16.4. The van der Waals surface area contributed by atoms with Gasteiger partial charge in [-0.1, -0.05) is 30.0 Å². The molecular formula is C16H12F3N3S. The Hall–Kier alpha value is -2.28. The zero-order valence-corrected chi connectivity index (χ0v) is 12.9. The molecule has 0 unspecified atom stereocenters. The Bertz CT molecular complexity index is 835. The summed E-state index contributed by atoms with van der Waals surface area (Å²) < 4.78 is 40.5. The number of halogens is 3. The second-order valence-electron chi connectivity index (χ2n) is 4.87. The van der Waals surface area contributed by atoms with Gasteiger partial charge < -0.3 is 0 Å². The maximum Gasteiger partial charge on any atom is 0.209 e. The fraction of sp³-hybridized carbons (Fsp3) is 0.125. The topological polar surface area (TPSA) is 41.6 Å². The maximum atomic E-state index is 13.8. The van der Waals surface area contributed by atoms with Gasteiger partial charge in [0.2, 0.25) is 5.16 Å². The SMILES string of the molecule is C[C@@H](Sc1n[nH]c(-c2ccccc2F)n1)c1ccc(F)cc1F. The van der Waals surface area contributed by atoms with Crippen molar-refractivity contribution >= 4 is 11.8 Å². The van der Waals surface area contributed by atoms with Crippen LogP contribution in [0.15, 0.2) is 47.6 Å². The Morgan fingerprint density at radius 3 is 2.57 bits per heavy atom. The molecule has 0 aliphatic carbocycles. The number of H-pyrrole nitrogens is 1. The molecule has 1 atom stereocenters. The first kappa shape index (κ1) is 15.6. The van der Waals surface area contributed by atoms with Gasteiger partial charge >= 0.3 is 0 Å². The molecule has 7 heteroatoms. The van der Waals surface area contributed by atoms with Gasteiger partial charge in [0.15, 0.2) is 5.82 Å². The van der Waals surface area contributed by atoms with E-state index < -0.39 is 17.5 Å². The molecule has 0 amide bonds. The van der Waals surface area contributed by atoms with Crippen molar-refractivity contribution in [1.29, 1.82) is 0 Å². The molecule has 3 aromatic rings. The van der Waals surface area contributed by atoms with Crippen LogP contribution in [-0.2, 0) is 0 Å². The van der Waals surface area contributed by atoms with Gasteiger partial charge in [-0.05, 0) is 25.1 Å². The normalized spacial score (nSPS) is 12.3. The van der Waals surface area contributed by atoms with E-state index in [1.165, 1.54) is 30.0 Å². The van der Waals surface area contributed by atoms with E-state index in [-0.39, 0.29) is 5.25 Å². The summed E-state index contributed by atoms with van der Waals surface area (Å²) in [4.78, 5) is 4.21. The molecule has 0 aliphatic rings. The third kappa shape index (κ3) is 3.39. The molecule has 1 N–H and O–H groups in total. The fourth-order valence-corrected chi connectivity index (χ4v) is 3.00. The molecule has 1 heterocycles. The molecule has 118 valence electrons. The number of nitrogens with zero attached hydrogens (tertiary/aromatic N) is 2. The van der Waals surface area contributed by atoms with E-state index in [0.717, 1.165) is 6.07 Å². The van der Waals surface area contributed by atoms with Crippen LogP contribution in [0.3, 0.4) is 0 Å². The standard InChI is InChI=1S/C16H12F3N3S/c1-9(11-7-6-10(17)8-14(11)19)23-16-20-15(21-22-16)12-4-2-3-5-13(12)18/h2-9H,1H3,(H,20,21,22)/t9-/m1/s1. The first-order valence-electron chi connectivity index (χ1n) is 6.83. The summed E-state index contributed by atoms with van der Waals surface area (Å²) >= 11 is 1.20. The highest BCUT2D eigenvalue weighted by Gasteiger charge is 2.17. The summed E-state index contributed by atoms with van der Waals surface area (Å²) in [6, 6.07) is 9.66. The van der Waals surface area contributed by atoms with Crippen LogP contribution in [0, 0.1) is 17.5 Å². The Kier molecular flexibility index (Phi) is 4.38. The molecule has 0 bridgehead atoms. The smallest absolute Gasteiger partial charge is 0.209 e. The number of aromatic nitrogens is 3. The lowest BCUT2D eigenvalue weighted by atomic mass is 10.1. The van der Waals surface area contributed by atoms with Crippen LogP contribution < -0.4 is 0 Å². The highest BCUT2D eigenvalue weighted by molar-refractivity contribution is 7.99. The van der Waals surface area contributed by atoms with Gasteiger partial charge in [-0.2, -0.15) is 0 Å². The van der Waals surface area contributed by atoms with Crippen molar-refractivity contribution in [1.82, 2.24) is 15.2 Å². The van der Waals surface area contributed by atoms with E-state index in [1.807, 2.05) is 0 Å². The third-order valence-corrected chi connectivity index (χ3v) is 4.28. The molecule has 0 saturated heterocycles. The van der Waals surface area contributed by atoms with Gasteiger partial charge in [0.05, 0.1) is 5.56 Å². The van der Waals surface area contributed by atoms with E-state index >= 15 is 0 Å². The molecule has 0 saturated carbocycles. The van der Waals surface area contributed by atoms with E-state index in [2.05, 4.69) is 15.2 Å². The summed E-state index contributed by atoms with van der Waals surface area (Å²) in [6.07, 6.45) is 0. The minimum absolute atomic E-state index is 0.303. The third-order valence-electron chi connectivity index (χ3n) is 3.28. The van der Waals surface area contributed by atoms with Crippen LogP contribution in [0.25, 0.3) is 11.4 Å². The van der Waals surface area contributed by atoms with Crippen LogP contribution in [0.4, 0.5) is 13.2 Å². The largest absolute Gasteiger partial charge is 0.258 e. The zero-order valence-electron chi connectivity index (χ0n) is 12.1. The molecule has 0 spiro atoms. The molecule has 0 aliphatic heterocycles. The monoisotopic (exact) mass is 335 g/mol. The van der Waals surface area contributed by atoms with Crippen molar-refractivity contribution in [3.63, 3.8) is 0 Å². The van der Waals surface area contributed by atoms with E-state index in [9.17, 15) is 13.2 Å². The second-order valence-corrected chi connectivity index (χ2v) is 6.18. The number of rotatable bonds is 4. The number of benzene rings is 2.